The number of unbranched alkanes of at least 4 members (excludes halogenated alkanes) is 2. The van der Waals surface area contributed by atoms with E-state index in [1.54, 1.807) is 0 Å². The summed E-state index contributed by atoms with van der Waals surface area (Å²) in [6.07, 6.45) is 8.47. The van der Waals surface area contributed by atoms with Crippen molar-refractivity contribution in [1.82, 2.24) is 9.97 Å². The highest BCUT2D eigenvalue weighted by atomic mass is 16.5. The lowest BCUT2D eigenvalue weighted by Gasteiger charge is -2.12. The number of hydrogen-bond acceptors (Lipinski definition) is 3. The molecule has 0 aliphatic carbocycles. The van der Waals surface area contributed by atoms with Gasteiger partial charge in [-0.1, -0.05) is 37.6 Å². The molecule has 0 amide bonds. The lowest BCUT2D eigenvalue weighted by atomic mass is 9.96. The van der Waals surface area contributed by atoms with Gasteiger partial charge in [0.1, 0.15) is 11.3 Å². The number of aromatic amines is 1. The molecule has 4 rings (SSSR count). The summed E-state index contributed by atoms with van der Waals surface area (Å²) in [5, 5.41) is 2.46. The van der Waals surface area contributed by atoms with Crippen molar-refractivity contribution in [3.05, 3.63) is 59.8 Å². The van der Waals surface area contributed by atoms with E-state index in [1.165, 1.54) is 46.1 Å². The van der Waals surface area contributed by atoms with Crippen molar-refractivity contribution in [3.63, 3.8) is 0 Å². The monoisotopic (exact) mass is 415 g/mol. The van der Waals surface area contributed by atoms with Crippen molar-refractivity contribution in [2.75, 3.05) is 13.2 Å². The summed E-state index contributed by atoms with van der Waals surface area (Å²) < 4.78 is 5.86. The number of hydrogen-bond donors (Lipinski definition) is 2. The zero-order valence-electron chi connectivity index (χ0n) is 18.7. The summed E-state index contributed by atoms with van der Waals surface area (Å²) in [6, 6.07) is 15.1. The van der Waals surface area contributed by atoms with E-state index in [0.29, 0.717) is 6.61 Å². The first kappa shape index (κ1) is 21.4. The van der Waals surface area contributed by atoms with Gasteiger partial charge < -0.3 is 15.5 Å². The van der Waals surface area contributed by atoms with E-state index >= 15 is 0 Å². The second-order valence-corrected chi connectivity index (χ2v) is 8.11. The van der Waals surface area contributed by atoms with Gasteiger partial charge in [-0.2, -0.15) is 0 Å². The van der Waals surface area contributed by atoms with Gasteiger partial charge in [-0.15, -0.1) is 0 Å². The number of pyridine rings is 1. The van der Waals surface area contributed by atoms with Crippen LogP contribution in [0.25, 0.3) is 33.1 Å². The summed E-state index contributed by atoms with van der Waals surface area (Å²) in [5.74, 6) is 0.839. The standard InChI is InChI=1S/C27H33N3O/c1-3-5-10-19-11-8-13-20-21(12-6-7-17-28)26(30-25(19)20)23-15-16-24(31-4-2)27-22(23)14-9-18-29-27/h8-9,11,13-16,18,30H,3-7,10,12,17,28H2,1-2H3. The van der Waals surface area contributed by atoms with E-state index in [1.807, 2.05) is 19.2 Å². The van der Waals surface area contributed by atoms with Crippen molar-refractivity contribution in [3.8, 4) is 17.0 Å². The molecule has 0 atom stereocenters. The first-order chi connectivity index (χ1) is 15.3. The summed E-state index contributed by atoms with van der Waals surface area (Å²) in [4.78, 5) is 8.48. The van der Waals surface area contributed by atoms with Crippen molar-refractivity contribution in [2.24, 2.45) is 5.73 Å². The van der Waals surface area contributed by atoms with Crippen LogP contribution in [0, 0.1) is 0 Å². The Morgan fingerprint density at radius 1 is 0.935 bits per heavy atom. The lowest BCUT2D eigenvalue weighted by Crippen LogP contribution is -1.99. The third-order valence-corrected chi connectivity index (χ3v) is 6.01. The fourth-order valence-corrected chi connectivity index (χ4v) is 4.48. The van der Waals surface area contributed by atoms with Gasteiger partial charge in [0.2, 0.25) is 0 Å². The maximum Gasteiger partial charge on any atom is 0.145 e. The van der Waals surface area contributed by atoms with Gasteiger partial charge in [-0.25, -0.2) is 0 Å². The Morgan fingerprint density at radius 2 is 1.81 bits per heavy atom. The Bertz CT molecular complexity index is 1160. The highest BCUT2D eigenvalue weighted by Gasteiger charge is 2.18. The highest BCUT2D eigenvalue weighted by molar-refractivity contribution is 6.02. The third kappa shape index (κ3) is 4.31. The number of nitrogens with zero attached hydrogens (tertiary/aromatic N) is 1. The molecule has 0 spiro atoms. The summed E-state index contributed by atoms with van der Waals surface area (Å²) in [5.41, 5.74) is 13.2. The van der Waals surface area contributed by atoms with Gasteiger partial charge in [-0.3, -0.25) is 4.98 Å². The van der Waals surface area contributed by atoms with Crippen LogP contribution >= 0.6 is 0 Å². The minimum Gasteiger partial charge on any atom is -0.492 e. The van der Waals surface area contributed by atoms with Crippen LogP contribution in [-0.2, 0) is 12.8 Å². The number of benzene rings is 2. The van der Waals surface area contributed by atoms with Crippen LogP contribution in [0.15, 0.2) is 48.7 Å². The Labute approximate surface area is 184 Å². The predicted molar refractivity (Wildman–Crippen MR) is 131 cm³/mol. The molecule has 2 aromatic carbocycles. The fraction of sp³-hybridized carbons (Fsp3) is 0.370. The molecule has 4 aromatic rings. The van der Waals surface area contributed by atoms with E-state index in [-0.39, 0.29) is 0 Å². The number of nitrogens with one attached hydrogen (secondary N) is 1. The molecule has 0 saturated heterocycles. The van der Waals surface area contributed by atoms with Gasteiger partial charge in [0.15, 0.2) is 0 Å². The van der Waals surface area contributed by atoms with Gasteiger partial charge in [0.25, 0.3) is 0 Å². The van der Waals surface area contributed by atoms with Gasteiger partial charge in [-0.05, 0) is 74.9 Å². The van der Waals surface area contributed by atoms with E-state index in [0.717, 1.165) is 48.9 Å². The number of para-hydroxylation sites is 1. The van der Waals surface area contributed by atoms with Crippen LogP contribution in [0.5, 0.6) is 5.75 Å². The van der Waals surface area contributed by atoms with Crippen molar-refractivity contribution in [1.29, 1.82) is 0 Å². The minimum atomic E-state index is 0.628. The van der Waals surface area contributed by atoms with Gasteiger partial charge in [0, 0.05) is 28.0 Å². The molecule has 4 heteroatoms. The Kier molecular flexibility index (Phi) is 6.88. The van der Waals surface area contributed by atoms with E-state index in [9.17, 15) is 0 Å². The molecule has 31 heavy (non-hydrogen) atoms. The number of aryl methyl sites for hydroxylation is 2. The molecule has 0 radical (unpaired) electrons. The second kappa shape index (κ2) is 9.97. The number of H-pyrrole nitrogens is 1. The maximum absolute atomic E-state index is 5.86. The predicted octanol–water partition coefficient (Wildman–Crippen LogP) is 6.41. The highest BCUT2D eigenvalue weighted by Crippen LogP contribution is 2.38. The topological polar surface area (TPSA) is 63.9 Å². The molecule has 0 bridgehead atoms. The van der Waals surface area contributed by atoms with Gasteiger partial charge in [0.05, 0.1) is 12.3 Å². The van der Waals surface area contributed by atoms with Crippen LogP contribution in [0.4, 0.5) is 0 Å². The van der Waals surface area contributed by atoms with Crippen LogP contribution in [0.3, 0.4) is 0 Å². The number of nitrogens with two attached hydrogens (primary N) is 1. The molecule has 2 heterocycles. The fourth-order valence-electron chi connectivity index (χ4n) is 4.48. The summed E-state index contributed by atoms with van der Waals surface area (Å²) >= 11 is 0. The SMILES string of the molecule is CCCCc1cccc2c(CCCCN)c(-c3ccc(OCC)c4ncccc34)[nH]c12. The molecule has 0 aliphatic rings. The molecule has 4 nitrogen and oxygen atoms in total. The number of rotatable bonds is 10. The largest absolute Gasteiger partial charge is 0.492 e. The lowest BCUT2D eigenvalue weighted by molar-refractivity contribution is 0.343. The normalized spacial score (nSPS) is 11.5. The zero-order valence-corrected chi connectivity index (χ0v) is 18.7. The Morgan fingerprint density at radius 3 is 2.61 bits per heavy atom. The molecule has 0 fully saturated rings. The smallest absolute Gasteiger partial charge is 0.145 e. The molecular weight excluding hydrogens is 382 g/mol. The number of aromatic nitrogens is 2. The molecule has 0 aliphatic heterocycles. The molecular formula is C27H33N3O. The summed E-state index contributed by atoms with van der Waals surface area (Å²) in [7, 11) is 0. The maximum atomic E-state index is 5.86. The minimum absolute atomic E-state index is 0.628. The van der Waals surface area contributed by atoms with Crippen molar-refractivity contribution < 1.29 is 4.74 Å². The number of ether oxygens (including phenoxy) is 1. The van der Waals surface area contributed by atoms with Gasteiger partial charge >= 0.3 is 0 Å². The molecule has 2 aromatic heterocycles. The summed E-state index contributed by atoms with van der Waals surface area (Å²) in [6.45, 7) is 5.61. The second-order valence-electron chi connectivity index (χ2n) is 8.11. The van der Waals surface area contributed by atoms with Crippen molar-refractivity contribution >= 4 is 21.8 Å². The quantitative estimate of drug-likeness (QED) is 0.294. The first-order valence-corrected chi connectivity index (χ1v) is 11.6. The molecule has 3 N–H and O–H groups in total. The average Bonchev–Trinajstić information content (AvgIpc) is 3.17. The third-order valence-electron chi connectivity index (χ3n) is 6.01. The first-order valence-electron chi connectivity index (χ1n) is 11.6. The van der Waals surface area contributed by atoms with E-state index in [2.05, 4.69) is 53.3 Å². The Balaban J connectivity index is 1.92. The molecule has 162 valence electrons. The Hall–Kier alpha value is -2.85. The van der Waals surface area contributed by atoms with E-state index < -0.39 is 0 Å². The number of fused-ring (bicyclic) bond motifs is 2. The van der Waals surface area contributed by atoms with Crippen LogP contribution in [0.1, 0.15) is 50.7 Å². The average molecular weight is 416 g/mol. The van der Waals surface area contributed by atoms with Crippen LogP contribution in [0.2, 0.25) is 0 Å². The van der Waals surface area contributed by atoms with E-state index in [4.69, 9.17) is 10.5 Å². The molecule has 0 unspecified atom stereocenters. The molecule has 0 saturated carbocycles. The zero-order chi connectivity index (χ0) is 21.6. The van der Waals surface area contributed by atoms with Crippen molar-refractivity contribution in [2.45, 2.75) is 52.4 Å². The van der Waals surface area contributed by atoms with Crippen LogP contribution < -0.4 is 10.5 Å². The van der Waals surface area contributed by atoms with Crippen LogP contribution in [-0.4, -0.2) is 23.1 Å².